The summed E-state index contributed by atoms with van der Waals surface area (Å²) in [6.45, 7) is 3.12. The van der Waals surface area contributed by atoms with Crippen molar-refractivity contribution >= 4 is 29.0 Å². The molecule has 17 heavy (non-hydrogen) atoms. The van der Waals surface area contributed by atoms with Crippen LogP contribution in [-0.2, 0) is 0 Å². The van der Waals surface area contributed by atoms with Crippen LogP contribution in [0.3, 0.4) is 0 Å². The van der Waals surface area contributed by atoms with E-state index in [0.29, 0.717) is 21.8 Å². The fraction of sp³-hybridized carbons (Fsp3) is 0.583. The molecule has 1 aromatic rings. The molecule has 0 saturated heterocycles. The molecule has 0 amide bonds. The predicted molar refractivity (Wildman–Crippen MR) is 72.8 cm³/mol. The number of aromatic nitrogens is 1. The second-order valence-electron chi connectivity index (χ2n) is 4.03. The molecule has 0 bridgehead atoms. The van der Waals surface area contributed by atoms with Gasteiger partial charge in [-0.05, 0) is 24.8 Å². The highest BCUT2D eigenvalue weighted by molar-refractivity contribution is 6.35. The normalized spacial score (nSPS) is 12.5. The Labute approximate surface area is 112 Å². The van der Waals surface area contributed by atoms with Gasteiger partial charge >= 0.3 is 0 Å². The second-order valence-corrected chi connectivity index (χ2v) is 4.88. The Morgan fingerprint density at radius 1 is 1.41 bits per heavy atom. The quantitative estimate of drug-likeness (QED) is 0.800. The number of hydrogen-bond donors (Lipinski definition) is 2. The van der Waals surface area contributed by atoms with Crippen molar-refractivity contribution in [2.24, 2.45) is 5.92 Å². The van der Waals surface area contributed by atoms with Gasteiger partial charge in [-0.15, -0.1) is 0 Å². The summed E-state index contributed by atoms with van der Waals surface area (Å²) in [6, 6.07) is 1.67. The van der Waals surface area contributed by atoms with E-state index in [1.807, 2.05) is 0 Å². The van der Waals surface area contributed by atoms with Gasteiger partial charge in [0.25, 0.3) is 0 Å². The van der Waals surface area contributed by atoms with Gasteiger partial charge in [0.15, 0.2) is 0 Å². The Bertz CT molecular complexity index is 341. The van der Waals surface area contributed by atoms with E-state index >= 15 is 0 Å². The summed E-state index contributed by atoms with van der Waals surface area (Å²) in [7, 11) is 0. The van der Waals surface area contributed by atoms with Crippen LogP contribution in [0.2, 0.25) is 10.0 Å². The van der Waals surface area contributed by atoms with Crippen LogP contribution in [0, 0.1) is 5.92 Å². The molecule has 1 atom stereocenters. The van der Waals surface area contributed by atoms with Crippen LogP contribution in [0.1, 0.15) is 26.2 Å². The molecule has 0 aliphatic carbocycles. The molecule has 0 fully saturated rings. The summed E-state index contributed by atoms with van der Waals surface area (Å²) < 4.78 is 0. The molecule has 0 aliphatic rings. The predicted octanol–water partition coefficient (Wildman–Crippen LogP) is 3.60. The first-order valence-corrected chi connectivity index (χ1v) is 6.58. The molecule has 0 saturated carbocycles. The summed E-state index contributed by atoms with van der Waals surface area (Å²) in [5.41, 5.74) is 0. The van der Waals surface area contributed by atoms with Gasteiger partial charge in [-0.25, -0.2) is 4.98 Å². The van der Waals surface area contributed by atoms with Crippen LogP contribution in [0.25, 0.3) is 0 Å². The van der Waals surface area contributed by atoms with Crippen molar-refractivity contribution in [3.8, 4) is 0 Å². The first-order chi connectivity index (χ1) is 8.17. The maximum absolute atomic E-state index is 8.96. The largest absolute Gasteiger partial charge is 0.396 e. The van der Waals surface area contributed by atoms with E-state index < -0.39 is 0 Å². The summed E-state index contributed by atoms with van der Waals surface area (Å²) >= 11 is 11.8. The van der Waals surface area contributed by atoms with E-state index in [4.69, 9.17) is 28.3 Å². The Kier molecular flexibility index (Phi) is 6.63. The molecule has 3 nitrogen and oxygen atoms in total. The van der Waals surface area contributed by atoms with Crippen LogP contribution < -0.4 is 5.32 Å². The highest BCUT2D eigenvalue weighted by Crippen LogP contribution is 2.23. The minimum Gasteiger partial charge on any atom is -0.396 e. The monoisotopic (exact) mass is 276 g/mol. The van der Waals surface area contributed by atoms with Gasteiger partial charge in [0, 0.05) is 19.3 Å². The SMILES string of the molecule is CCCC(CCO)CNc1ncc(Cl)cc1Cl. The molecule has 0 aromatic carbocycles. The maximum atomic E-state index is 8.96. The van der Waals surface area contributed by atoms with Crippen molar-refractivity contribution in [1.29, 1.82) is 0 Å². The Hall–Kier alpha value is -0.510. The van der Waals surface area contributed by atoms with Gasteiger partial charge in [-0.1, -0.05) is 36.5 Å². The van der Waals surface area contributed by atoms with E-state index in [1.54, 1.807) is 12.3 Å². The second kappa shape index (κ2) is 7.75. The first-order valence-electron chi connectivity index (χ1n) is 5.83. The molecule has 1 aromatic heterocycles. The number of pyridine rings is 1. The average molecular weight is 277 g/mol. The average Bonchev–Trinajstić information content (AvgIpc) is 2.28. The van der Waals surface area contributed by atoms with E-state index in [-0.39, 0.29) is 6.61 Å². The fourth-order valence-corrected chi connectivity index (χ4v) is 2.17. The number of nitrogens with one attached hydrogen (secondary N) is 1. The Morgan fingerprint density at radius 3 is 2.76 bits per heavy atom. The van der Waals surface area contributed by atoms with Crippen molar-refractivity contribution in [3.63, 3.8) is 0 Å². The van der Waals surface area contributed by atoms with Gasteiger partial charge < -0.3 is 10.4 Å². The van der Waals surface area contributed by atoms with E-state index in [0.717, 1.165) is 25.8 Å². The van der Waals surface area contributed by atoms with Gasteiger partial charge in [-0.2, -0.15) is 0 Å². The van der Waals surface area contributed by atoms with Crippen molar-refractivity contribution in [3.05, 3.63) is 22.3 Å². The fourth-order valence-electron chi connectivity index (χ4n) is 1.72. The third-order valence-electron chi connectivity index (χ3n) is 2.60. The minimum atomic E-state index is 0.216. The zero-order valence-corrected chi connectivity index (χ0v) is 11.4. The van der Waals surface area contributed by atoms with Gasteiger partial charge in [0.2, 0.25) is 0 Å². The molecule has 2 N–H and O–H groups in total. The Morgan fingerprint density at radius 2 is 2.18 bits per heavy atom. The zero-order valence-electron chi connectivity index (χ0n) is 9.92. The highest BCUT2D eigenvalue weighted by atomic mass is 35.5. The molecular formula is C12H18Cl2N2O. The summed E-state index contributed by atoms with van der Waals surface area (Å²) in [4.78, 5) is 4.13. The van der Waals surface area contributed by atoms with Gasteiger partial charge in [0.05, 0.1) is 10.0 Å². The number of anilines is 1. The van der Waals surface area contributed by atoms with Crippen molar-refractivity contribution in [1.82, 2.24) is 4.98 Å². The lowest BCUT2D eigenvalue weighted by atomic mass is 10.0. The smallest absolute Gasteiger partial charge is 0.144 e. The maximum Gasteiger partial charge on any atom is 0.144 e. The zero-order chi connectivity index (χ0) is 12.7. The molecule has 5 heteroatoms. The van der Waals surface area contributed by atoms with E-state index in [1.165, 1.54) is 0 Å². The summed E-state index contributed by atoms with van der Waals surface area (Å²) in [5.74, 6) is 1.09. The summed E-state index contributed by atoms with van der Waals surface area (Å²) in [5, 5.41) is 13.2. The third-order valence-corrected chi connectivity index (χ3v) is 3.10. The highest BCUT2D eigenvalue weighted by Gasteiger charge is 2.09. The molecule has 0 spiro atoms. The van der Waals surface area contributed by atoms with E-state index in [2.05, 4.69) is 17.2 Å². The summed E-state index contributed by atoms with van der Waals surface area (Å²) in [6.07, 6.45) is 4.55. The molecule has 1 heterocycles. The number of nitrogens with zero attached hydrogens (tertiary/aromatic N) is 1. The standard InChI is InChI=1S/C12H18Cl2N2O/c1-2-3-9(4-5-17)7-15-12-11(14)6-10(13)8-16-12/h6,8-9,17H,2-5,7H2,1H3,(H,15,16). The van der Waals surface area contributed by atoms with Gasteiger partial charge in [-0.3, -0.25) is 0 Å². The molecule has 1 unspecified atom stereocenters. The van der Waals surface area contributed by atoms with Crippen LogP contribution in [0.4, 0.5) is 5.82 Å². The van der Waals surface area contributed by atoms with Crippen LogP contribution >= 0.6 is 23.2 Å². The molecule has 96 valence electrons. The van der Waals surface area contributed by atoms with Crippen molar-refractivity contribution < 1.29 is 5.11 Å². The van der Waals surface area contributed by atoms with Crippen molar-refractivity contribution in [2.45, 2.75) is 26.2 Å². The minimum absolute atomic E-state index is 0.216. The number of rotatable bonds is 7. The first kappa shape index (κ1) is 14.6. The lowest BCUT2D eigenvalue weighted by molar-refractivity contribution is 0.255. The number of hydrogen-bond acceptors (Lipinski definition) is 3. The lowest BCUT2D eigenvalue weighted by Gasteiger charge is -2.16. The van der Waals surface area contributed by atoms with Crippen LogP contribution in [0.15, 0.2) is 12.3 Å². The van der Waals surface area contributed by atoms with E-state index in [9.17, 15) is 0 Å². The molecule has 0 aliphatic heterocycles. The van der Waals surface area contributed by atoms with Crippen LogP contribution in [0.5, 0.6) is 0 Å². The molecule has 1 rings (SSSR count). The topological polar surface area (TPSA) is 45.1 Å². The molecular weight excluding hydrogens is 259 g/mol. The number of aliphatic hydroxyl groups is 1. The number of aliphatic hydroxyl groups excluding tert-OH is 1. The van der Waals surface area contributed by atoms with Crippen LogP contribution in [-0.4, -0.2) is 23.2 Å². The van der Waals surface area contributed by atoms with Gasteiger partial charge in [0.1, 0.15) is 5.82 Å². The third kappa shape index (κ3) is 5.11. The number of halogens is 2. The Balaban J connectivity index is 2.52. The molecule has 0 radical (unpaired) electrons. The lowest BCUT2D eigenvalue weighted by Crippen LogP contribution is -2.16. The van der Waals surface area contributed by atoms with Crippen molar-refractivity contribution in [2.75, 3.05) is 18.5 Å².